The third kappa shape index (κ3) is 2.51. The Kier molecular flexibility index (Phi) is 3.87. The highest BCUT2D eigenvalue weighted by Gasteiger charge is 2.22. The molecule has 24 heavy (non-hydrogen) atoms. The summed E-state index contributed by atoms with van der Waals surface area (Å²) in [6, 6.07) is 19.3. The molecule has 0 fully saturated rings. The number of rotatable bonds is 3. The van der Waals surface area contributed by atoms with Gasteiger partial charge in [-0.25, -0.2) is 0 Å². The van der Waals surface area contributed by atoms with E-state index in [2.05, 4.69) is 41.7 Å². The van der Waals surface area contributed by atoms with Gasteiger partial charge in [0, 0.05) is 6.54 Å². The molecule has 0 bridgehead atoms. The van der Waals surface area contributed by atoms with Crippen LogP contribution in [0.1, 0.15) is 22.7 Å². The van der Waals surface area contributed by atoms with E-state index >= 15 is 0 Å². The molecule has 1 N–H and O–H groups in total. The smallest absolute Gasteiger partial charge is 0.119 e. The van der Waals surface area contributed by atoms with Crippen LogP contribution in [-0.4, -0.2) is 20.8 Å². The minimum atomic E-state index is 0.228. The molecule has 0 saturated carbocycles. The minimum absolute atomic E-state index is 0.228. The molecule has 0 aromatic heterocycles. The van der Waals surface area contributed by atoms with Crippen molar-refractivity contribution in [1.82, 2.24) is 5.32 Å². The van der Waals surface area contributed by atoms with Crippen LogP contribution in [0, 0.1) is 0 Å². The highest BCUT2D eigenvalue weighted by atomic mass is 16.5. The van der Waals surface area contributed by atoms with E-state index in [1.165, 1.54) is 27.5 Å². The molecule has 0 radical (unpaired) electrons. The average molecular weight is 319 g/mol. The van der Waals surface area contributed by atoms with Gasteiger partial charge in [-0.2, -0.15) is 0 Å². The predicted molar refractivity (Wildman–Crippen MR) is 97.0 cm³/mol. The summed E-state index contributed by atoms with van der Waals surface area (Å²) in [6.45, 7) is 0.981. The van der Waals surface area contributed by atoms with Crippen molar-refractivity contribution >= 4 is 10.8 Å². The lowest BCUT2D eigenvalue weighted by atomic mass is 9.86. The maximum Gasteiger partial charge on any atom is 0.119 e. The monoisotopic (exact) mass is 319 g/mol. The molecular weight excluding hydrogens is 298 g/mol. The van der Waals surface area contributed by atoms with Gasteiger partial charge < -0.3 is 14.8 Å². The Morgan fingerprint density at radius 3 is 2.38 bits per heavy atom. The van der Waals surface area contributed by atoms with Crippen molar-refractivity contribution in [1.29, 1.82) is 0 Å². The van der Waals surface area contributed by atoms with Crippen molar-refractivity contribution in [3.8, 4) is 11.5 Å². The molecule has 0 amide bonds. The number of methoxy groups -OCH3 is 2. The van der Waals surface area contributed by atoms with Crippen molar-refractivity contribution in [3.05, 3.63) is 71.3 Å². The molecular formula is C21H21NO2. The second-order valence-electron chi connectivity index (χ2n) is 6.13. The first-order chi connectivity index (χ1) is 11.8. The standard InChI is InChI=1S/C21H21NO2/c1-23-16-6-3-14(4-7-16)21-20-9-5-15-13-17(24-2)8-10-18(15)19(20)11-12-22-21/h3-10,13,21-22H,11-12H2,1-2H3. The van der Waals surface area contributed by atoms with Gasteiger partial charge in [-0.05, 0) is 58.1 Å². The van der Waals surface area contributed by atoms with Gasteiger partial charge in [-0.3, -0.25) is 0 Å². The Bertz CT molecular complexity index is 871. The van der Waals surface area contributed by atoms with Crippen LogP contribution < -0.4 is 14.8 Å². The van der Waals surface area contributed by atoms with Crippen molar-refractivity contribution in [2.75, 3.05) is 20.8 Å². The van der Waals surface area contributed by atoms with E-state index in [1.807, 2.05) is 18.2 Å². The zero-order chi connectivity index (χ0) is 16.5. The Labute approximate surface area is 142 Å². The van der Waals surface area contributed by atoms with E-state index in [1.54, 1.807) is 14.2 Å². The molecule has 0 spiro atoms. The first kappa shape index (κ1) is 15.0. The fraction of sp³-hybridized carbons (Fsp3) is 0.238. The number of fused-ring (bicyclic) bond motifs is 3. The lowest BCUT2D eigenvalue weighted by Gasteiger charge is -2.28. The molecule has 3 nitrogen and oxygen atoms in total. The summed E-state index contributed by atoms with van der Waals surface area (Å²) in [5.41, 5.74) is 4.07. The largest absolute Gasteiger partial charge is 0.497 e. The molecule has 4 rings (SSSR count). The van der Waals surface area contributed by atoms with Gasteiger partial charge in [0.15, 0.2) is 0 Å². The summed E-state index contributed by atoms with van der Waals surface area (Å²) in [4.78, 5) is 0. The van der Waals surface area contributed by atoms with Gasteiger partial charge in [-0.15, -0.1) is 0 Å². The second-order valence-corrected chi connectivity index (χ2v) is 6.13. The first-order valence-corrected chi connectivity index (χ1v) is 8.27. The molecule has 0 saturated heterocycles. The second kappa shape index (κ2) is 6.17. The maximum atomic E-state index is 5.35. The van der Waals surface area contributed by atoms with Crippen molar-refractivity contribution < 1.29 is 9.47 Å². The topological polar surface area (TPSA) is 30.5 Å². The molecule has 1 unspecified atom stereocenters. The highest BCUT2D eigenvalue weighted by Crippen LogP contribution is 2.35. The van der Waals surface area contributed by atoms with E-state index in [-0.39, 0.29) is 6.04 Å². The number of ether oxygens (including phenoxy) is 2. The number of hydrogen-bond acceptors (Lipinski definition) is 3. The third-order valence-electron chi connectivity index (χ3n) is 4.86. The zero-order valence-electron chi connectivity index (χ0n) is 14.0. The Balaban J connectivity index is 1.80. The van der Waals surface area contributed by atoms with Crippen LogP contribution >= 0.6 is 0 Å². The van der Waals surface area contributed by atoms with E-state index in [0.717, 1.165) is 24.5 Å². The zero-order valence-corrected chi connectivity index (χ0v) is 14.0. The SMILES string of the molecule is COc1ccc(C2NCCc3c2ccc2cc(OC)ccc32)cc1. The fourth-order valence-electron chi connectivity index (χ4n) is 3.61. The normalized spacial score (nSPS) is 16.7. The molecule has 0 aliphatic carbocycles. The number of hydrogen-bond donors (Lipinski definition) is 1. The van der Waals surface area contributed by atoms with Gasteiger partial charge >= 0.3 is 0 Å². The van der Waals surface area contributed by atoms with E-state index in [4.69, 9.17) is 9.47 Å². The van der Waals surface area contributed by atoms with Gasteiger partial charge in [0.2, 0.25) is 0 Å². The van der Waals surface area contributed by atoms with Crippen LogP contribution in [0.3, 0.4) is 0 Å². The van der Waals surface area contributed by atoms with Gasteiger partial charge in [0.1, 0.15) is 11.5 Å². The number of nitrogens with one attached hydrogen (secondary N) is 1. The lowest BCUT2D eigenvalue weighted by Crippen LogP contribution is -2.30. The van der Waals surface area contributed by atoms with Crippen molar-refractivity contribution in [2.24, 2.45) is 0 Å². The van der Waals surface area contributed by atoms with Crippen molar-refractivity contribution in [3.63, 3.8) is 0 Å². The molecule has 3 aromatic rings. The van der Waals surface area contributed by atoms with Crippen LogP contribution in [0.5, 0.6) is 11.5 Å². The van der Waals surface area contributed by atoms with Crippen molar-refractivity contribution in [2.45, 2.75) is 12.5 Å². The summed E-state index contributed by atoms with van der Waals surface area (Å²) in [5, 5.41) is 6.22. The first-order valence-electron chi connectivity index (χ1n) is 8.27. The summed E-state index contributed by atoms with van der Waals surface area (Å²) < 4.78 is 10.6. The molecule has 122 valence electrons. The summed E-state index contributed by atoms with van der Waals surface area (Å²) in [6.07, 6.45) is 1.05. The Morgan fingerprint density at radius 1 is 0.875 bits per heavy atom. The van der Waals surface area contributed by atoms with Gasteiger partial charge in [-0.1, -0.05) is 30.3 Å². The van der Waals surface area contributed by atoms with Crippen LogP contribution in [0.2, 0.25) is 0 Å². The summed E-state index contributed by atoms with van der Waals surface area (Å²) in [7, 11) is 3.41. The van der Waals surface area contributed by atoms with E-state index < -0.39 is 0 Å². The van der Waals surface area contributed by atoms with Gasteiger partial charge in [0.25, 0.3) is 0 Å². The van der Waals surface area contributed by atoms with Gasteiger partial charge in [0.05, 0.1) is 20.3 Å². The maximum absolute atomic E-state index is 5.35. The minimum Gasteiger partial charge on any atom is -0.497 e. The molecule has 1 atom stereocenters. The molecule has 3 aromatic carbocycles. The number of benzene rings is 3. The highest BCUT2D eigenvalue weighted by molar-refractivity contribution is 5.88. The Hall–Kier alpha value is -2.52. The third-order valence-corrected chi connectivity index (χ3v) is 4.86. The van der Waals surface area contributed by atoms with Crippen LogP contribution in [-0.2, 0) is 6.42 Å². The lowest BCUT2D eigenvalue weighted by molar-refractivity contribution is 0.414. The Morgan fingerprint density at radius 2 is 1.62 bits per heavy atom. The van der Waals surface area contributed by atoms with Crippen LogP contribution in [0.15, 0.2) is 54.6 Å². The predicted octanol–water partition coefficient (Wildman–Crippen LogP) is 4.09. The van der Waals surface area contributed by atoms with E-state index in [9.17, 15) is 0 Å². The fourth-order valence-corrected chi connectivity index (χ4v) is 3.61. The molecule has 1 aliphatic heterocycles. The quantitative estimate of drug-likeness (QED) is 0.788. The molecule has 3 heteroatoms. The summed E-state index contributed by atoms with van der Waals surface area (Å²) >= 11 is 0. The van der Waals surface area contributed by atoms with Crippen LogP contribution in [0.4, 0.5) is 0 Å². The molecule has 1 aliphatic rings. The van der Waals surface area contributed by atoms with Crippen LogP contribution in [0.25, 0.3) is 10.8 Å². The average Bonchev–Trinajstić information content (AvgIpc) is 2.67. The molecule has 1 heterocycles. The summed E-state index contributed by atoms with van der Waals surface area (Å²) in [5.74, 6) is 1.79. The van der Waals surface area contributed by atoms with E-state index in [0.29, 0.717) is 0 Å².